The van der Waals surface area contributed by atoms with E-state index >= 15 is 0 Å². The third kappa shape index (κ3) is 5.68. The Bertz CT molecular complexity index is 238. The molecule has 2 unspecified atom stereocenters. The molecule has 3 N–H and O–H groups in total. The average molecular weight is 230 g/mol. The number of carboxylic acids is 3. The Morgan fingerprint density at radius 1 is 1.14 bits per heavy atom. The zero-order valence-corrected chi connectivity index (χ0v) is 10.5. The van der Waals surface area contributed by atoms with Gasteiger partial charge in [-0.1, -0.05) is 0 Å². The molecule has 0 aromatic heterocycles. The van der Waals surface area contributed by atoms with E-state index in [0.717, 1.165) is 0 Å². The maximum absolute atomic E-state index is 10.3. The van der Waals surface area contributed by atoms with Crippen molar-refractivity contribution in [3.63, 3.8) is 0 Å². The van der Waals surface area contributed by atoms with Gasteiger partial charge < -0.3 is 25.2 Å². The van der Waals surface area contributed by atoms with Crippen LogP contribution in [-0.2, 0) is 14.4 Å². The van der Waals surface area contributed by atoms with Gasteiger partial charge in [0.15, 0.2) is 6.10 Å². The third-order valence-corrected chi connectivity index (χ3v) is 1.34. The van der Waals surface area contributed by atoms with E-state index in [0.29, 0.717) is 0 Å². The van der Waals surface area contributed by atoms with Crippen molar-refractivity contribution >= 4 is 17.9 Å². The first-order chi connectivity index (χ1) is 5.86. The molecule has 0 heterocycles. The monoisotopic (exact) mass is 230 g/mol. The minimum atomic E-state index is -2.24. The molecule has 0 aliphatic heterocycles. The minimum absolute atomic E-state index is 0. The maximum atomic E-state index is 10.3. The number of carbonyl (C=O) groups excluding carboxylic acids is 1. The first-order valence-electron chi connectivity index (χ1n) is 3.19. The Hall–Kier alpha value is 0.00636. The predicted molar refractivity (Wildman–Crippen MR) is 34.4 cm³/mol. The zero-order valence-electron chi connectivity index (χ0n) is 7.34. The van der Waals surface area contributed by atoms with E-state index in [-0.39, 0.29) is 51.4 Å². The van der Waals surface area contributed by atoms with Crippen molar-refractivity contribution < 1.29 is 86.2 Å². The molecule has 0 radical (unpaired) electrons. The maximum Gasteiger partial charge on any atom is 1.00 e. The van der Waals surface area contributed by atoms with E-state index < -0.39 is 36.4 Å². The van der Waals surface area contributed by atoms with Crippen molar-refractivity contribution in [2.24, 2.45) is 5.92 Å². The van der Waals surface area contributed by atoms with E-state index in [1.165, 1.54) is 0 Å². The van der Waals surface area contributed by atoms with Crippen molar-refractivity contribution in [1.82, 2.24) is 0 Å². The van der Waals surface area contributed by atoms with E-state index in [2.05, 4.69) is 0 Å². The van der Waals surface area contributed by atoms with Gasteiger partial charge >= 0.3 is 63.3 Å². The van der Waals surface area contributed by atoms with Gasteiger partial charge in [0.2, 0.25) is 0 Å². The van der Waals surface area contributed by atoms with Crippen LogP contribution in [0.4, 0.5) is 0 Å². The molecular weight excluding hydrogens is 223 g/mol. The molecule has 0 spiro atoms. The van der Waals surface area contributed by atoms with E-state index in [1.54, 1.807) is 0 Å². The van der Waals surface area contributed by atoms with E-state index in [4.69, 9.17) is 15.3 Å². The summed E-state index contributed by atoms with van der Waals surface area (Å²) in [5.41, 5.74) is 0. The fourth-order valence-corrected chi connectivity index (χ4v) is 0.686. The number of hydrogen-bond acceptors (Lipinski definition) is 5. The molecule has 8 heteroatoms. The second-order valence-corrected chi connectivity index (χ2v) is 2.30. The van der Waals surface area contributed by atoms with Crippen molar-refractivity contribution in [2.45, 2.75) is 12.5 Å². The summed E-state index contributed by atoms with van der Waals surface area (Å²) in [7, 11) is 0. The van der Waals surface area contributed by atoms with Gasteiger partial charge in [0, 0.05) is 12.4 Å². The molecule has 0 bridgehead atoms. The number of aliphatic hydroxyl groups excluding tert-OH is 1. The fourth-order valence-electron chi connectivity index (χ4n) is 0.686. The molecule has 7 nitrogen and oxygen atoms in total. The largest absolute Gasteiger partial charge is 1.00 e. The SMILES string of the molecule is O=C([O-])CC(C(=O)O)C(O)C(=O)O.[K+]. The van der Waals surface area contributed by atoms with Crippen LogP contribution in [0, 0.1) is 5.92 Å². The second-order valence-electron chi connectivity index (χ2n) is 2.30. The second kappa shape index (κ2) is 7.32. The normalized spacial score (nSPS) is 13.5. The number of carbonyl (C=O) groups is 3. The smallest absolute Gasteiger partial charge is 0.550 e. The van der Waals surface area contributed by atoms with Crippen LogP contribution in [0.25, 0.3) is 0 Å². The zero-order chi connectivity index (χ0) is 10.6. The molecule has 0 saturated carbocycles. The van der Waals surface area contributed by atoms with E-state index in [1.807, 2.05) is 0 Å². The number of aliphatic hydroxyl groups is 1. The van der Waals surface area contributed by atoms with Crippen LogP contribution in [0.15, 0.2) is 0 Å². The first-order valence-corrected chi connectivity index (χ1v) is 3.19. The van der Waals surface area contributed by atoms with Crippen LogP contribution in [-0.4, -0.2) is 39.3 Å². The summed E-state index contributed by atoms with van der Waals surface area (Å²) in [5.74, 6) is -7.09. The van der Waals surface area contributed by atoms with Crippen molar-refractivity contribution in [3.05, 3.63) is 0 Å². The van der Waals surface area contributed by atoms with Gasteiger partial charge in [-0.05, 0) is 0 Å². The van der Waals surface area contributed by atoms with Gasteiger partial charge in [0.25, 0.3) is 0 Å². The molecule has 74 valence electrons. The van der Waals surface area contributed by atoms with Crippen molar-refractivity contribution in [1.29, 1.82) is 0 Å². The molecule has 14 heavy (non-hydrogen) atoms. The van der Waals surface area contributed by atoms with Crippen LogP contribution in [0.2, 0.25) is 0 Å². The Kier molecular flexibility index (Phi) is 8.59. The Morgan fingerprint density at radius 3 is 1.79 bits per heavy atom. The summed E-state index contributed by atoms with van der Waals surface area (Å²) in [5, 5.41) is 35.2. The van der Waals surface area contributed by atoms with Gasteiger partial charge in [0.1, 0.15) is 0 Å². The topological polar surface area (TPSA) is 135 Å². The molecule has 0 fully saturated rings. The molecule has 2 atom stereocenters. The standard InChI is InChI=1S/C6H8O7.K/c7-3(8)1-2(5(10)11)4(9)6(12)13;/h2,4,9H,1H2,(H,7,8)(H,10,11)(H,12,13);/q;+1/p-1. The quantitative estimate of drug-likeness (QED) is 0.400. The van der Waals surface area contributed by atoms with Gasteiger partial charge in [-0.15, -0.1) is 0 Å². The summed E-state index contributed by atoms with van der Waals surface area (Å²) < 4.78 is 0. The van der Waals surface area contributed by atoms with Crippen molar-refractivity contribution in [3.8, 4) is 0 Å². The van der Waals surface area contributed by atoms with Crippen LogP contribution in [0.3, 0.4) is 0 Å². The Morgan fingerprint density at radius 2 is 1.57 bits per heavy atom. The van der Waals surface area contributed by atoms with Crippen LogP contribution in [0.1, 0.15) is 6.42 Å². The third-order valence-electron chi connectivity index (χ3n) is 1.34. The number of hydrogen-bond donors (Lipinski definition) is 3. The Labute approximate surface area is 121 Å². The summed E-state index contributed by atoms with van der Waals surface area (Å²) in [6.45, 7) is 0. The van der Waals surface area contributed by atoms with Crippen LogP contribution >= 0.6 is 0 Å². The fraction of sp³-hybridized carbons (Fsp3) is 0.500. The summed E-state index contributed by atoms with van der Waals surface area (Å²) >= 11 is 0. The molecule has 0 amide bonds. The van der Waals surface area contributed by atoms with E-state index in [9.17, 15) is 19.5 Å². The number of aliphatic carboxylic acids is 3. The van der Waals surface area contributed by atoms with Gasteiger partial charge in [-0.25, -0.2) is 4.79 Å². The molecule has 0 rings (SSSR count). The molecule has 0 aromatic rings. The molecule has 0 aromatic carbocycles. The summed E-state index contributed by atoms with van der Waals surface area (Å²) in [6.07, 6.45) is -3.28. The van der Waals surface area contributed by atoms with Gasteiger partial charge in [-0.2, -0.15) is 0 Å². The predicted octanol–water partition coefficient (Wildman–Crippen LogP) is -5.72. The summed E-state index contributed by atoms with van der Waals surface area (Å²) in [4.78, 5) is 30.3. The van der Waals surface area contributed by atoms with Crippen LogP contribution in [0.5, 0.6) is 0 Å². The summed E-state index contributed by atoms with van der Waals surface area (Å²) in [6, 6.07) is 0. The molecule has 0 aliphatic rings. The van der Waals surface area contributed by atoms with Crippen LogP contribution < -0.4 is 56.5 Å². The first kappa shape index (κ1) is 16.4. The van der Waals surface area contributed by atoms with Crippen molar-refractivity contribution in [2.75, 3.05) is 0 Å². The molecule has 0 saturated heterocycles. The average Bonchev–Trinajstić information content (AvgIpc) is 1.97. The van der Waals surface area contributed by atoms with Gasteiger partial charge in [0.05, 0.1) is 5.92 Å². The molecule has 0 aliphatic carbocycles. The van der Waals surface area contributed by atoms with Gasteiger partial charge in [-0.3, -0.25) is 4.79 Å². The minimum Gasteiger partial charge on any atom is -0.550 e. The Balaban J connectivity index is 0. The number of carboxylic acid groups (broad SMARTS) is 3. The number of rotatable bonds is 5. The molecular formula is C6H7KO7.